The van der Waals surface area contributed by atoms with E-state index in [1.807, 2.05) is 12.3 Å². The van der Waals surface area contributed by atoms with Crippen LogP contribution in [0, 0.1) is 0 Å². The van der Waals surface area contributed by atoms with Gasteiger partial charge in [0.1, 0.15) is 5.65 Å². The standard InChI is InChI=1S/C16H26N4/c1-13(2)18-11-14-12-20(10-6-9-19(3)4)16-15(14)7-5-8-17-16/h5,7-8,12-13,18H,6,9-11H2,1-4H3. The minimum absolute atomic E-state index is 0.499. The molecule has 0 atom stereocenters. The lowest BCUT2D eigenvalue weighted by Gasteiger charge is -2.10. The van der Waals surface area contributed by atoms with Crippen molar-refractivity contribution in [1.82, 2.24) is 19.8 Å². The Morgan fingerprint density at radius 1 is 1.35 bits per heavy atom. The van der Waals surface area contributed by atoms with Crippen molar-refractivity contribution in [3.8, 4) is 0 Å². The van der Waals surface area contributed by atoms with Crippen LogP contribution in [-0.2, 0) is 13.1 Å². The van der Waals surface area contributed by atoms with Gasteiger partial charge in [-0.3, -0.25) is 0 Å². The van der Waals surface area contributed by atoms with Crippen molar-refractivity contribution in [2.45, 2.75) is 39.4 Å². The lowest BCUT2D eigenvalue weighted by atomic mass is 10.2. The SMILES string of the molecule is CC(C)NCc1cn(CCCN(C)C)c2ncccc12. The zero-order chi connectivity index (χ0) is 14.5. The molecule has 2 aromatic rings. The molecule has 0 bridgehead atoms. The van der Waals surface area contributed by atoms with E-state index in [1.54, 1.807) is 0 Å². The summed E-state index contributed by atoms with van der Waals surface area (Å²) in [6.45, 7) is 7.38. The molecular weight excluding hydrogens is 248 g/mol. The van der Waals surface area contributed by atoms with E-state index in [0.29, 0.717) is 6.04 Å². The molecule has 0 aromatic carbocycles. The largest absolute Gasteiger partial charge is 0.332 e. The third-order valence-electron chi connectivity index (χ3n) is 3.42. The van der Waals surface area contributed by atoms with Crippen molar-refractivity contribution in [3.05, 3.63) is 30.1 Å². The van der Waals surface area contributed by atoms with E-state index in [2.05, 4.69) is 60.0 Å². The number of fused-ring (bicyclic) bond motifs is 1. The molecule has 2 rings (SSSR count). The second kappa shape index (κ2) is 6.86. The highest BCUT2D eigenvalue weighted by molar-refractivity contribution is 5.80. The summed E-state index contributed by atoms with van der Waals surface area (Å²) >= 11 is 0. The average molecular weight is 274 g/mol. The van der Waals surface area contributed by atoms with Crippen LogP contribution in [0.15, 0.2) is 24.5 Å². The highest BCUT2D eigenvalue weighted by atomic mass is 15.1. The first-order chi connectivity index (χ1) is 9.58. The normalized spacial score (nSPS) is 11.9. The van der Waals surface area contributed by atoms with Gasteiger partial charge in [-0.05, 0) is 44.8 Å². The maximum Gasteiger partial charge on any atom is 0.140 e. The van der Waals surface area contributed by atoms with Gasteiger partial charge in [0.25, 0.3) is 0 Å². The zero-order valence-electron chi connectivity index (χ0n) is 13.1. The van der Waals surface area contributed by atoms with Crippen molar-refractivity contribution in [2.75, 3.05) is 20.6 Å². The van der Waals surface area contributed by atoms with E-state index in [0.717, 1.165) is 31.7 Å². The third-order valence-corrected chi connectivity index (χ3v) is 3.42. The number of rotatable bonds is 7. The maximum atomic E-state index is 4.55. The zero-order valence-corrected chi connectivity index (χ0v) is 13.1. The summed E-state index contributed by atoms with van der Waals surface area (Å²) in [5.74, 6) is 0. The molecule has 2 aromatic heterocycles. The van der Waals surface area contributed by atoms with Gasteiger partial charge in [0, 0.05) is 36.9 Å². The topological polar surface area (TPSA) is 33.1 Å². The number of hydrogen-bond donors (Lipinski definition) is 1. The molecule has 0 aliphatic heterocycles. The molecule has 0 saturated carbocycles. The molecule has 0 aliphatic rings. The fraction of sp³-hybridized carbons (Fsp3) is 0.562. The number of nitrogens with zero attached hydrogens (tertiary/aromatic N) is 3. The molecule has 0 aliphatic carbocycles. The predicted octanol–water partition coefficient (Wildman–Crippen LogP) is 2.49. The van der Waals surface area contributed by atoms with Crippen LogP contribution in [0.1, 0.15) is 25.8 Å². The first-order valence-electron chi connectivity index (χ1n) is 7.38. The number of aromatic nitrogens is 2. The fourth-order valence-electron chi connectivity index (χ4n) is 2.38. The summed E-state index contributed by atoms with van der Waals surface area (Å²) in [7, 11) is 4.23. The number of aryl methyl sites for hydroxylation is 1. The third kappa shape index (κ3) is 3.81. The summed E-state index contributed by atoms with van der Waals surface area (Å²) in [4.78, 5) is 6.77. The summed E-state index contributed by atoms with van der Waals surface area (Å²) in [5.41, 5.74) is 2.44. The van der Waals surface area contributed by atoms with Gasteiger partial charge in [-0.1, -0.05) is 13.8 Å². The Morgan fingerprint density at radius 2 is 2.15 bits per heavy atom. The maximum absolute atomic E-state index is 4.55. The van der Waals surface area contributed by atoms with Gasteiger partial charge < -0.3 is 14.8 Å². The van der Waals surface area contributed by atoms with Gasteiger partial charge in [-0.25, -0.2) is 4.98 Å². The van der Waals surface area contributed by atoms with Crippen molar-refractivity contribution < 1.29 is 0 Å². The van der Waals surface area contributed by atoms with Crippen LogP contribution < -0.4 is 5.32 Å². The van der Waals surface area contributed by atoms with Crippen molar-refractivity contribution >= 4 is 11.0 Å². The highest BCUT2D eigenvalue weighted by Gasteiger charge is 2.09. The van der Waals surface area contributed by atoms with Crippen LogP contribution in [0.3, 0.4) is 0 Å². The Hall–Kier alpha value is -1.39. The Labute approximate surface area is 121 Å². The van der Waals surface area contributed by atoms with Gasteiger partial charge in [0.15, 0.2) is 0 Å². The molecule has 0 fully saturated rings. The number of pyridine rings is 1. The summed E-state index contributed by atoms with van der Waals surface area (Å²) in [5, 5.41) is 4.76. The lowest BCUT2D eigenvalue weighted by molar-refractivity contribution is 0.387. The summed E-state index contributed by atoms with van der Waals surface area (Å²) < 4.78 is 2.29. The van der Waals surface area contributed by atoms with Crippen molar-refractivity contribution in [2.24, 2.45) is 0 Å². The Bertz CT molecular complexity index is 542. The molecule has 20 heavy (non-hydrogen) atoms. The quantitative estimate of drug-likeness (QED) is 0.842. The van der Waals surface area contributed by atoms with Gasteiger partial charge in [0.2, 0.25) is 0 Å². The minimum atomic E-state index is 0.499. The van der Waals surface area contributed by atoms with E-state index >= 15 is 0 Å². The molecule has 1 N–H and O–H groups in total. The monoisotopic (exact) mass is 274 g/mol. The Morgan fingerprint density at radius 3 is 2.85 bits per heavy atom. The second-order valence-electron chi connectivity index (χ2n) is 5.91. The lowest BCUT2D eigenvalue weighted by Crippen LogP contribution is -2.21. The van der Waals surface area contributed by atoms with Crippen LogP contribution in [0.5, 0.6) is 0 Å². The summed E-state index contributed by atoms with van der Waals surface area (Å²) in [6.07, 6.45) is 5.28. The van der Waals surface area contributed by atoms with E-state index in [1.165, 1.54) is 10.9 Å². The van der Waals surface area contributed by atoms with Gasteiger partial charge in [-0.2, -0.15) is 0 Å². The van der Waals surface area contributed by atoms with Crippen LogP contribution >= 0.6 is 0 Å². The highest BCUT2D eigenvalue weighted by Crippen LogP contribution is 2.19. The first kappa shape index (κ1) is 15.0. The minimum Gasteiger partial charge on any atom is -0.332 e. The number of nitrogens with one attached hydrogen (secondary N) is 1. The fourth-order valence-corrected chi connectivity index (χ4v) is 2.38. The number of hydrogen-bond acceptors (Lipinski definition) is 3. The van der Waals surface area contributed by atoms with Gasteiger partial charge in [-0.15, -0.1) is 0 Å². The molecule has 4 heteroatoms. The Balaban J connectivity index is 2.17. The van der Waals surface area contributed by atoms with Crippen molar-refractivity contribution in [3.63, 3.8) is 0 Å². The van der Waals surface area contributed by atoms with E-state index in [-0.39, 0.29) is 0 Å². The van der Waals surface area contributed by atoms with Crippen LogP contribution in [0.25, 0.3) is 11.0 Å². The molecule has 0 unspecified atom stereocenters. The van der Waals surface area contributed by atoms with Crippen LogP contribution in [0.4, 0.5) is 0 Å². The smallest absolute Gasteiger partial charge is 0.140 e. The second-order valence-corrected chi connectivity index (χ2v) is 5.91. The molecule has 2 heterocycles. The molecule has 0 saturated heterocycles. The van der Waals surface area contributed by atoms with Crippen LogP contribution in [0.2, 0.25) is 0 Å². The van der Waals surface area contributed by atoms with Crippen molar-refractivity contribution in [1.29, 1.82) is 0 Å². The van der Waals surface area contributed by atoms with Gasteiger partial charge in [0.05, 0.1) is 0 Å². The first-order valence-corrected chi connectivity index (χ1v) is 7.38. The van der Waals surface area contributed by atoms with Gasteiger partial charge >= 0.3 is 0 Å². The molecule has 4 nitrogen and oxygen atoms in total. The molecule has 110 valence electrons. The summed E-state index contributed by atoms with van der Waals surface area (Å²) in [6, 6.07) is 4.69. The Kier molecular flexibility index (Phi) is 5.15. The molecule has 0 amide bonds. The average Bonchev–Trinajstić information content (AvgIpc) is 2.75. The predicted molar refractivity (Wildman–Crippen MR) is 84.9 cm³/mol. The molecular formula is C16H26N4. The molecule has 0 spiro atoms. The van der Waals surface area contributed by atoms with E-state index in [4.69, 9.17) is 0 Å². The van der Waals surface area contributed by atoms with Crippen LogP contribution in [-0.4, -0.2) is 41.1 Å². The van der Waals surface area contributed by atoms with E-state index < -0.39 is 0 Å². The van der Waals surface area contributed by atoms with E-state index in [9.17, 15) is 0 Å². The molecule has 0 radical (unpaired) electrons.